The van der Waals surface area contributed by atoms with Crippen LogP contribution in [0.4, 0.5) is 0 Å². The quantitative estimate of drug-likeness (QED) is 0.642. The van der Waals surface area contributed by atoms with Gasteiger partial charge in [0, 0.05) is 0 Å². The Labute approximate surface area is 75.5 Å². The van der Waals surface area contributed by atoms with E-state index >= 15 is 0 Å². The van der Waals surface area contributed by atoms with Gasteiger partial charge >= 0.3 is 0 Å². The zero-order chi connectivity index (χ0) is 9.19. The van der Waals surface area contributed by atoms with Crippen molar-refractivity contribution < 1.29 is 5.11 Å². The van der Waals surface area contributed by atoms with Crippen molar-refractivity contribution in [3.8, 4) is 0 Å². The second-order valence-electron chi connectivity index (χ2n) is 4.58. The van der Waals surface area contributed by atoms with Crippen molar-refractivity contribution >= 4 is 0 Å². The highest BCUT2D eigenvalue weighted by atomic mass is 16.3. The lowest BCUT2D eigenvalue weighted by molar-refractivity contribution is 0.0563. The first-order valence-electron chi connectivity index (χ1n) is 4.87. The third-order valence-electron chi connectivity index (χ3n) is 3.21. The lowest BCUT2D eigenvalue weighted by atomic mass is 9.78. The van der Waals surface area contributed by atoms with E-state index in [0.29, 0.717) is 11.3 Å². The molecule has 0 aromatic carbocycles. The van der Waals surface area contributed by atoms with Gasteiger partial charge in [-0.2, -0.15) is 0 Å². The summed E-state index contributed by atoms with van der Waals surface area (Å²) in [7, 11) is 0. The summed E-state index contributed by atoms with van der Waals surface area (Å²) in [5.74, 6) is 0.482. The third-order valence-corrected chi connectivity index (χ3v) is 3.21. The summed E-state index contributed by atoms with van der Waals surface area (Å²) in [4.78, 5) is 0. The zero-order valence-electron chi connectivity index (χ0n) is 8.21. The van der Waals surface area contributed by atoms with Crippen LogP contribution in [0.15, 0.2) is 12.7 Å². The molecule has 1 fully saturated rings. The second kappa shape index (κ2) is 3.61. The van der Waals surface area contributed by atoms with Gasteiger partial charge in [0.2, 0.25) is 0 Å². The molecule has 0 aliphatic heterocycles. The smallest absolute Gasteiger partial charge is 0.0607 e. The molecule has 0 radical (unpaired) electrons. The maximum absolute atomic E-state index is 9.81. The summed E-state index contributed by atoms with van der Waals surface area (Å²) < 4.78 is 0. The van der Waals surface area contributed by atoms with Crippen LogP contribution in [0, 0.1) is 11.3 Å². The summed E-state index contributed by atoms with van der Waals surface area (Å²) >= 11 is 0. The van der Waals surface area contributed by atoms with Crippen molar-refractivity contribution in [3.63, 3.8) is 0 Å². The van der Waals surface area contributed by atoms with Gasteiger partial charge in [0.1, 0.15) is 0 Å². The molecule has 0 aromatic rings. The molecular weight excluding hydrogens is 148 g/mol. The molecule has 0 saturated heterocycles. The average Bonchev–Trinajstić information content (AvgIpc) is 2.30. The molecule has 0 bridgehead atoms. The maximum atomic E-state index is 9.81. The van der Waals surface area contributed by atoms with E-state index in [0.717, 1.165) is 6.42 Å². The van der Waals surface area contributed by atoms with Crippen LogP contribution in [0.1, 0.15) is 39.5 Å². The first-order valence-corrected chi connectivity index (χ1v) is 4.87. The average molecular weight is 168 g/mol. The minimum Gasteiger partial charge on any atom is -0.392 e. The summed E-state index contributed by atoms with van der Waals surface area (Å²) in [6.45, 7) is 8.18. The van der Waals surface area contributed by atoms with Gasteiger partial charge in [0.15, 0.2) is 0 Å². The number of rotatable bonds is 3. The molecule has 1 heteroatoms. The first-order chi connectivity index (χ1) is 5.58. The molecule has 1 N–H and O–H groups in total. The molecule has 1 aliphatic rings. The van der Waals surface area contributed by atoms with Gasteiger partial charge < -0.3 is 5.11 Å². The largest absolute Gasteiger partial charge is 0.392 e. The van der Waals surface area contributed by atoms with E-state index in [9.17, 15) is 5.11 Å². The molecule has 1 rings (SSSR count). The maximum Gasteiger partial charge on any atom is 0.0607 e. The minimum atomic E-state index is -0.167. The fourth-order valence-electron chi connectivity index (χ4n) is 2.40. The first kappa shape index (κ1) is 9.79. The van der Waals surface area contributed by atoms with Gasteiger partial charge in [0.05, 0.1) is 6.10 Å². The highest BCUT2D eigenvalue weighted by molar-refractivity contribution is 4.91. The van der Waals surface area contributed by atoms with Crippen molar-refractivity contribution in [3.05, 3.63) is 12.7 Å². The third kappa shape index (κ3) is 1.89. The van der Waals surface area contributed by atoms with Crippen LogP contribution in [0.5, 0.6) is 0 Å². The number of hydrogen-bond donors (Lipinski definition) is 1. The van der Waals surface area contributed by atoms with Gasteiger partial charge in [-0.25, -0.2) is 0 Å². The fourth-order valence-corrected chi connectivity index (χ4v) is 2.40. The standard InChI is InChI=1S/C11H20O/c1-4-6-10(12)9-7-5-8-11(9,2)3/h4,9-10,12H,1,5-8H2,2-3H3. The Morgan fingerprint density at radius 2 is 2.33 bits per heavy atom. The SMILES string of the molecule is C=CCC(O)C1CCCC1(C)C. The van der Waals surface area contributed by atoms with Crippen molar-refractivity contribution in [1.82, 2.24) is 0 Å². The highest BCUT2D eigenvalue weighted by Gasteiger charge is 2.38. The molecule has 1 aliphatic carbocycles. The molecule has 1 saturated carbocycles. The lowest BCUT2D eigenvalue weighted by Gasteiger charge is -2.30. The van der Waals surface area contributed by atoms with Crippen molar-refractivity contribution in [1.29, 1.82) is 0 Å². The summed E-state index contributed by atoms with van der Waals surface area (Å²) in [5, 5.41) is 9.81. The predicted molar refractivity (Wildman–Crippen MR) is 51.9 cm³/mol. The van der Waals surface area contributed by atoms with Gasteiger partial charge in [0.25, 0.3) is 0 Å². The molecule has 12 heavy (non-hydrogen) atoms. The Bertz CT molecular complexity index is 160. The van der Waals surface area contributed by atoms with E-state index < -0.39 is 0 Å². The summed E-state index contributed by atoms with van der Waals surface area (Å²) in [6, 6.07) is 0. The molecule has 70 valence electrons. The number of hydrogen-bond acceptors (Lipinski definition) is 1. The number of aliphatic hydroxyl groups is 1. The van der Waals surface area contributed by atoms with E-state index in [-0.39, 0.29) is 6.10 Å². The van der Waals surface area contributed by atoms with Crippen LogP contribution < -0.4 is 0 Å². The number of aliphatic hydroxyl groups excluding tert-OH is 1. The van der Waals surface area contributed by atoms with Crippen LogP contribution in [-0.2, 0) is 0 Å². The monoisotopic (exact) mass is 168 g/mol. The normalized spacial score (nSPS) is 30.1. The van der Waals surface area contributed by atoms with E-state index in [1.807, 2.05) is 6.08 Å². The van der Waals surface area contributed by atoms with Crippen LogP contribution in [0.2, 0.25) is 0 Å². The minimum absolute atomic E-state index is 0.167. The highest BCUT2D eigenvalue weighted by Crippen LogP contribution is 2.44. The van der Waals surface area contributed by atoms with E-state index in [1.54, 1.807) is 0 Å². The second-order valence-corrected chi connectivity index (χ2v) is 4.58. The molecule has 0 heterocycles. The van der Waals surface area contributed by atoms with Crippen LogP contribution in [0.25, 0.3) is 0 Å². The predicted octanol–water partition coefficient (Wildman–Crippen LogP) is 2.75. The summed E-state index contributed by atoms with van der Waals surface area (Å²) in [5.41, 5.74) is 0.336. The molecule has 0 aromatic heterocycles. The van der Waals surface area contributed by atoms with Gasteiger partial charge in [-0.05, 0) is 30.6 Å². The summed E-state index contributed by atoms with van der Waals surface area (Å²) in [6.07, 6.45) is 6.10. The van der Waals surface area contributed by atoms with E-state index in [4.69, 9.17) is 0 Å². The lowest BCUT2D eigenvalue weighted by Crippen LogP contribution is -2.29. The molecular formula is C11H20O. The Morgan fingerprint density at radius 1 is 1.67 bits per heavy atom. The fraction of sp³-hybridized carbons (Fsp3) is 0.818. The van der Waals surface area contributed by atoms with Gasteiger partial charge in [-0.15, -0.1) is 6.58 Å². The van der Waals surface area contributed by atoms with Gasteiger partial charge in [-0.3, -0.25) is 0 Å². The molecule has 0 amide bonds. The molecule has 1 nitrogen and oxygen atoms in total. The van der Waals surface area contributed by atoms with Crippen LogP contribution in [-0.4, -0.2) is 11.2 Å². The van der Waals surface area contributed by atoms with E-state index in [2.05, 4.69) is 20.4 Å². The van der Waals surface area contributed by atoms with E-state index in [1.165, 1.54) is 19.3 Å². The van der Waals surface area contributed by atoms with Crippen LogP contribution >= 0.6 is 0 Å². The molecule has 2 atom stereocenters. The van der Waals surface area contributed by atoms with Crippen molar-refractivity contribution in [2.75, 3.05) is 0 Å². The molecule has 0 spiro atoms. The van der Waals surface area contributed by atoms with Crippen LogP contribution in [0.3, 0.4) is 0 Å². The van der Waals surface area contributed by atoms with Crippen molar-refractivity contribution in [2.45, 2.75) is 45.6 Å². The zero-order valence-corrected chi connectivity index (χ0v) is 8.21. The van der Waals surface area contributed by atoms with Gasteiger partial charge in [-0.1, -0.05) is 26.3 Å². The van der Waals surface area contributed by atoms with Crippen molar-refractivity contribution in [2.24, 2.45) is 11.3 Å². The Morgan fingerprint density at radius 3 is 2.75 bits per heavy atom. The topological polar surface area (TPSA) is 20.2 Å². The Balaban J connectivity index is 2.55. The Hall–Kier alpha value is -0.300. The Kier molecular flexibility index (Phi) is 2.94. The molecule has 2 unspecified atom stereocenters.